The van der Waals surface area contributed by atoms with Gasteiger partial charge in [0.1, 0.15) is 11.6 Å². The molecule has 0 aliphatic carbocycles. The van der Waals surface area contributed by atoms with Crippen LogP contribution in [0, 0.1) is 0 Å². The number of rotatable bonds is 7. The number of nitrogens with two attached hydrogens (primary N) is 1. The molecule has 12 heteroatoms. The van der Waals surface area contributed by atoms with Crippen LogP contribution in [-0.2, 0) is 27.8 Å². The van der Waals surface area contributed by atoms with Gasteiger partial charge >= 0.3 is 0 Å². The number of aromatic nitrogens is 2. The quantitative estimate of drug-likeness (QED) is 0.592. The number of carbonyl (C=O) groups is 1. The molecule has 1 amide bonds. The molecule has 0 saturated carbocycles. The Morgan fingerprint density at radius 2 is 1.88 bits per heavy atom. The number of piperazine rings is 1. The zero-order chi connectivity index (χ0) is 25.2. The summed E-state index contributed by atoms with van der Waals surface area (Å²) in [5.41, 5.74) is 8.39. The Bertz CT molecular complexity index is 1200. The summed E-state index contributed by atoms with van der Waals surface area (Å²) < 4.78 is 26.9. The lowest BCUT2D eigenvalue weighted by molar-refractivity contribution is -0.130. The number of sulfonamides is 1. The van der Waals surface area contributed by atoms with E-state index in [1.807, 2.05) is 22.5 Å². The topological polar surface area (TPSA) is 105 Å². The van der Waals surface area contributed by atoms with Crippen molar-refractivity contribution < 1.29 is 13.2 Å². The lowest BCUT2D eigenvalue weighted by Crippen LogP contribution is -2.47. The van der Waals surface area contributed by atoms with Crippen LogP contribution in [-0.4, -0.2) is 77.5 Å². The summed E-state index contributed by atoms with van der Waals surface area (Å²) in [6, 6.07) is 5.24. The number of aryl methyl sites for hydroxylation is 1. The molecule has 1 saturated heterocycles. The van der Waals surface area contributed by atoms with E-state index in [1.165, 1.54) is 7.05 Å². The maximum absolute atomic E-state index is 12.0. The fraction of sp³-hybridized carbons (Fsp3) is 0.455. The van der Waals surface area contributed by atoms with Gasteiger partial charge in [-0.3, -0.25) is 14.0 Å². The van der Waals surface area contributed by atoms with Crippen LogP contribution in [0.4, 0.5) is 0 Å². The van der Waals surface area contributed by atoms with Crippen molar-refractivity contribution in [2.75, 3.05) is 39.5 Å². The Morgan fingerprint density at radius 3 is 2.41 bits per heavy atom. The van der Waals surface area contributed by atoms with Crippen molar-refractivity contribution in [2.45, 2.75) is 26.8 Å². The summed E-state index contributed by atoms with van der Waals surface area (Å²) >= 11 is 12.6. The molecule has 1 fully saturated rings. The van der Waals surface area contributed by atoms with Gasteiger partial charge < -0.3 is 15.2 Å². The van der Waals surface area contributed by atoms with E-state index in [1.54, 1.807) is 25.3 Å². The predicted octanol–water partition coefficient (Wildman–Crippen LogP) is 2.69. The SMILES string of the molecule is CCc1nc(-c2ccc(Cl)cc2Cl)c(CN2CCN(C(C)=O)CC2)n1/C=C(\N)N(C)S(C)(=O)=O. The van der Waals surface area contributed by atoms with Crippen molar-refractivity contribution in [3.05, 3.63) is 45.6 Å². The van der Waals surface area contributed by atoms with Gasteiger partial charge in [-0.25, -0.2) is 13.4 Å². The van der Waals surface area contributed by atoms with Crippen molar-refractivity contribution in [3.8, 4) is 11.3 Å². The number of hydrogen-bond acceptors (Lipinski definition) is 6. The Morgan fingerprint density at radius 1 is 1.24 bits per heavy atom. The van der Waals surface area contributed by atoms with Crippen LogP contribution < -0.4 is 5.73 Å². The van der Waals surface area contributed by atoms with Crippen LogP contribution in [0.1, 0.15) is 25.4 Å². The second-order valence-electron chi connectivity index (χ2n) is 8.24. The molecule has 2 N–H and O–H groups in total. The largest absolute Gasteiger partial charge is 0.383 e. The lowest BCUT2D eigenvalue weighted by Gasteiger charge is -2.34. The molecule has 1 aliphatic rings. The van der Waals surface area contributed by atoms with Crippen molar-refractivity contribution in [1.82, 2.24) is 23.7 Å². The predicted molar refractivity (Wildman–Crippen MR) is 136 cm³/mol. The van der Waals surface area contributed by atoms with E-state index in [2.05, 4.69) is 4.90 Å². The molecule has 186 valence electrons. The smallest absolute Gasteiger partial charge is 0.233 e. The van der Waals surface area contributed by atoms with Gasteiger partial charge in [0.15, 0.2) is 0 Å². The molecule has 0 unspecified atom stereocenters. The van der Waals surface area contributed by atoms with Crippen molar-refractivity contribution >= 4 is 45.3 Å². The molecule has 34 heavy (non-hydrogen) atoms. The average molecular weight is 529 g/mol. The highest BCUT2D eigenvalue weighted by atomic mass is 35.5. The van der Waals surface area contributed by atoms with Gasteiger partial charge in [-0.1, -0.05) is 30.1 Å². The van der Waals surface area contributed by atoms with Gasteiger partial charge in [0.25, 0.3) is 0 Å². The molecule has 2 heterocycles. The molecule has 1 aromatic heterocycles. The minimum Gasteiger partial charge on any atom is -0.383 e. The van der Waals surface area contributed by atoms with Crippen molar-refractivity contribution in [3.63, 3.8) is 0 Å². The van der Waals surface area contributed by atoms with Crippen LogP contribution in [0.3, 0.4) is 0 Å². The second-order valence-corrected chi connectivity index (χ2v) is 11.1. The number of halogens is 2. The first-order valence-electron chi connectivity index (χ1n) is 10.9. The van der Waals surface area contributed by atoms with Crippen LogP contribution in [0.25, 0.3) is 17.5 Å². The maximum atomic E-state index is 12.0. The fourth-order valence-electron chi connectivity index (χ4n) is 3.81. The van der Waals surface area contributed by atoms with E-state index in [9.17, 15) is 13.2 Å². The third kappa shape index (κ3) is 5.86. The molecule has 0 spiro atoms. The minimum absolute atomic E-state index is 0.0611. The third-order valence-electron chi connectivity index (χ3n) is 5.90. The van der Waals surface area contributed by atoms with Gasteiger partial charge in [0, 0.05) is 63.7 Å². The van der Waals surface area contributed by atoms with E-state index in [0.717, 1.165) is 21.8 Å². The fourth-order valence-corrected chi connectivity index (χ4v) is 4.73. The molecule has 1 aromatic carbocycles. The lowest BCUT2D eigenvalue weighted by atomic mass is 10.1. The molecule has 0 atom stereocenters. The minimum atomic E-state index is -3.53. The van der Waals surface area contributed by atoms with Gasteiger partial charge in [0.2, 0.25) is 15.9 Å². The maximum Gasteiger partial charge on any atom is 0.233 e. The molecular formula is C22H30Cl2N6O3S. The van der Waals surface area contributed by atoms with Gasteiger partial charge in [-0.15, -0.1) is 0 Å². The first-order chi connectivity index (χ1) is 15.9. The zero-order valence-electron chi connectivity index (χ0n) is 19.8. The molecule has 0 radical (unpaired) electrons. The highest BCUT2D eigenvalue weighted by Crippen LogP contribution is 2.34. The molecule has 2 aromatic rings. The Kier molecular flexibility index (Phi) is 8.18. The average Bonchev–Trinajstić information content (AvgIpc) is 3.09. The summed E-state index contributed by atoms with van der Waals surface area (Å²) in [5, 5.41) is 0.984. The van der Waals surface area contributed by atoms with Crippen molar-refractivity contribution in [1.29, 1.82) is 0 Å². The first kappa shape index (κ1) is 26.3. The van der Waals surface area contributed by atoms with Gasteiger partial charge in [0.05, 0.1) is 28.9 Å². The molecule has 9 nitrogen and oxygen atoms in total. The van der Waals surface area contributed by atoms with E-state index < -0.39 is 10.0 Å². The summed E-state index contributed by atoms with van der Waals surface area (Å²) in [5.74, 6) is 0.834. The number of benzene rings is 1. The van der Waals surface area contributed by atoms with E-state index in [-0.39, 0.29) is 11.7 Å². The Labute approximate surface area is 210 Å². The highest BCUT2D eigenvalue weighted by molar-refractivity contribution is 7.88. The summed E-state index contributed by atoms with van der Waals surface area (Å²) in [6.07, 6.45) is 3.26. The Balaban J connectivity index is 2.10. The van der Waals surface area contributed by atoms with E-state index in [0.29, 0.717) is 60.7 Å². The number of hydrogen-bond donors (Lipinski definition) is 1. The van der Waals surface area contributed by atoms with Crippen molar-refractivity contribution in [2.24, 2.45) is 5.73 Å². The van der Waals surface area contributed by atoms with Crippen LogP contribution in [0.15, 0.2) is 24.0 Å². The van der Waals surface area contributed by atoms with Crippen LogP contribution in [0.2, 0.25) is 10.0 Å². The summed E-state index contributed by atoms with van der Waals surface area (Å²) in [6.45, 7) is 6.71. The highest BCUT2D eigenvalue weighted by Gasteiger charge is 2.25. The summed E-state index contributed by atoms with van der Waals surface area (Å²) in [4.78, 5) is 20.6. The first-order valence-corrected chi connectivity index (χ1v) is 13.5. The van der Waals surface area contributed by atoms with Gasteiger partial charge in [-0.05, 0) is 18.2 Å². The number of nitrogens with zero attached hydrogens (tertiary/aromatic N) is 5. The monoisotopic (exact) mass is 528 g/mol. The normalized spacial score (nSPS) is 15.6. The Hall–Kier alpha value is -2.27. The third-order valence-corrected chi connectivity index (χ3v) is 7.65. The standard InChI is InChI=1S/C22H30Cl2N6O3S/c1-5-21-26-22(17-7-6-16(23)12-18(17)24)19(13-28-8-10-29(11-9-28)15(2)31)30(21)14-20(25)27(3)34(4,32)33/h6-7,12,14H,5,8-11,13,25H2,1-4H3/b20-14+. The molecule has 1 aliphatic heterocycles. The van der Waals surface area contributed by atoms with Gasteiger partial charge in [-0.2, -0.15) is 0 Å². The number of amides is 1. The molecule has 0 bridgehead atoms. The van der Waals surface area contributed by atoms with Crippen LogP contribution in [0.5, 0.6) is 0 Å². The number of imidazole rings is 1. The van der Waals surface area contributed by atoms with E-state index in [4.69, 9.17) is 33.9 Å². The second kappa shape index (κ2) is 10.6. The van der Waals surface area contributed by atoms with E-state index >= 15 is 0 Å². The zero-order valence-corrected chi connectivity index (χ0v) is 22.1. The molecule has 3 rings (SSSR count). The number of carbonyl (C=O) groups excluding carboxylic acids is 1. The molecular weight excluding hydrogens is 499 g/mol. The summed E-state index contributed by atoms with van der Waals surface area (Å²) in [7, 11) is -2.13. The van der Waals surface area contributed by atoms with Crippen LogP contribution >= 0.6 is 23.2 Å².